The van der Waals surface area contributed by atoms with Gasteiger partial charge in [0.25, 0.3) is 0 Å². The molecule has 84 valence electrons. The van der Waals surface area contributed by atoms with Crippen LogP contribution in [-0.2, 0) is 0 Å². The van der Waals surface area contributed by atoms with E-state index in [9.17, 15) is 10.2 Å². The molecule has 0 saturated heterocycles. The molecule has 6 nitrogen and oxygen atoms in total. The minimum absolute atomic E-state index is 0.196. The number of rotatable bonds is 5. The van der Waals surface area contributed by atoms with Gasteiger partial charge < -0.3 is 21.3 Å². The largest absolute Gasteiger partial charge is 0.394 e. The van der Waals surface area contributed by atoms with E-state index in [1.165, 1.54) is 6.20 Å². The molecule has 0 aromatic carbocycles. The predicted molar refractivity (Wildman–Crippen MR) is 57.3 cm³/mol. The number of aromatic nitrogens is 2. The lowest BCUT2D eigenvalue weighted by molar-refractivity contribution is 0.132. The fourth-order valence-corrected chi connectivity index (χ4v) is 1.11. The summed E-state index contributed by atoms with van der Waals surface area (Å²) in [6.07, 6.45) is 2.07. The van der Waals surface area contributed by atoms with Crippen LogP contribution in [0.1, 0.15) is 13.3 Å². The van der Waals surface area contributed by atoms with E-state index in [0.717, 1.165) is 0 Å². The minimum Gasteiger partial charge on any atom is -0.394 e. The standard InChI is InChI=1S/C9H16N4O2/c1-2-9(5-14,6-15)13-8-11-4-3-7(10)12-8/h3-4,14-15H,2,5-6H2,1H3,(H3,10,11,12,13). The van der Waals surface area contributed by atoms with E-state index in [1.807, 2.05) is 6.92 Å². The third-order valence-electron chi connectivity index (χ3n) is 2.34. The van der Waals surface area contributed by atoms with Crippen LogP contribution in [0.5, 0.6) is 0 Å². The Hall–Kier alpha value is -1.40. The Balaban J connectivity index is 2.82. The van der Waals surface area contributed by atoms with Crippen LogP contribution in [0.15, 0.2) is 12.3 Å². The minimum atomic E-state index is -0.798. The zero-order chi connectivity index (χ0) is 11.3. The highest BCUT2D eigenvalue weighted by Crippen LogP contribution is 2.15. The second kappa shape index (κ2) is 4.90. The van der Waals surface area contributed by atoms with E-state index in [1.54, 1.807) is 6.07 Å². The number of hydrogen-bond donors (Lipinski definition) is 4. The summed E-state index contributed by atoms with van der Waals surface area (Å²) in [5.74, 6) is 0.647. The molecule has 1 rings (SSSR count). The fourth-order valence-electron chi connectivity index (χ4n) is 1.11. The van der Waals surface area contributed by atoms with Crippen molar-refractivity contribution in [3.05, 3.63) is 12.3 Å². The highest BCUT2D eigenvalue weighted by molar-refractivity contribution is 5.37. The number of anilines is 2. The molecular weight excluding hydrogens is 196 g/mol. The molecule has 15 heavy (non-hydrogen) atoms. The fraction of sp³-hybridized carbons (Fsp3) is 0.556. The van der Waals surface area contributed by atoms with Gasteiger partial charge in [0.15, 0.2) is 0 Å². The van der Waals surface area contributed by atoms with Crippen molar-refractivity contribution in [2.24, 2.45) is 0 Å². The second-order valence-electron chi connectivity index (χ2n) is 3.38. The Bertz CT molecular complexity index is 306. The maximum Gasteiger partial charge on any atom is 0.225 e. The van der Waals surface area contributed by atoms with Gasteiger partial charge in [0.05, 0.1) is 18.8 Å². The van der Waals surface area contributed by atoms with Crippen LogP contribution in [0.25, 0.3) is 0 Å². The topological polar surface area (TPSA) is 104 Å². The average Bonchev–Trinajstić information content (AvgIpc) is 2.26. The van der Waals surface area contributed by atoms with Gasteiger partial charge in [-0.05, 0) is 12.5 Å². The third-order valence-corrected chi connectivity index (χ3v) is 2.34. The quantitative estimate of drug-likeness (QED) is 0.529. The summed E-state index contributed by atoms with van der Waals surface area (Å²) < 4.78 is 0. The number of aliphatic hydroxyl groups excluding tert-OH is 2. The molecule has 5 N–H and O–H groups in total. The van der Waals surface area contributed by atoms with Crippen LogP contribution in [-0.4, -0.2) is 38.9 Å². The molecular formula is C9H16N4O2. The molecule has 0 aliphatic carbocycles. The molecule has 1 aromatic rings. The zero-order valence-electron chi connectivity index (χ0n) is 8.64. The van der Waals surface area contributed by atoms with Crippen LogP contribution < -0.4 is 11.1 Å². The first-order valence-electron chi connectivity index (χ1n) is 4.74. The van der Waals surface area contributed by atoms with E-state index in [0.29, 0.717) is 18.2 Å². The molecule has 0 fully saturated rings. The molecule has 0 aliphatic heterocycles. The van der Waals surface area contributed by atoms with E-state index in [2.05, 4.69) is 15.3 Å². The first kappa shape index (κ1) is 11.7. The average molecular weight is 212 g/mol. The lowest BCUT2D eigenvalue weighted by atomic mass is 9.99. The second-order valence-corrected chi connectivity index (χ2v) is 3.38. The van der Waals surface area contributed by atoms with E-state index < -0.39 is 5.54 Å². The van der Waals surface area contributed by atoms with Crippen LogP contribution in [0.3, 0.4) is 0 Å². The molecule has 0 amide bonds. The number of nitrogens with one attached hydrogen (secondary N) is 1. The predicted octanol–water partition coefficient (Wildman–Crippen LogP) is -0.396. The monoisotopic (exact) mass is 212 g/mol. The van der Waals surface area contributed by atoms with E-state index in [-0.39, 0.29) is 13.2 Å². The molecule has 0 radical (unpaired) electrons. The van der Waals surface area contributed by atoms with Gasteiger partial charge in [-0.2, -0.15) is 4.98 Å². The summed E-state index contributed by atoms with van der Waals surface area (Å²) in [5.41, 5.74) is 4.69. The third kappa shape index (κ3) is 2.77. The van der Waals surface area contributed by atoms with Crippen molar-refractivity contribution >= 4 is 11.8 Å². The van der Waals surface area contributed by atoms with Gasteiger partial charge in [-0.15, -0.1) is 0 Å². The Morgan fingerprint density at radius 1 is 1.47 bits per heavy atom. The summed E-state index contributed by atoms with van der Waals surface area (Å²) in [7, 11) is 0. The molecule has 0 bridgehead atoms. The smallest absolute Gasteiger partial charge is 0.225 e. The molecule has 1 heterocycles. The van der Waals surface area contributed by atoms with Crippen LogP contribution in [0.2, 0.25) is 0 Å². The molecule has 0 aliphatic rings. The van der Waals surface area contributed by atoms with Crippen molar-refractivity contribution in [3.8, 4) is 0 Å². The van der Waals surface area contributed by atoms with E-state index in [4.69, 9.17) is 5.73 Å². The number of aliphatic hydroxyl groups is 2. The summed E-state index contributed by atoms with van der Waals surface area (Å²) >= 11 is 0. The van der Waals surface area contributed by atoms with Crippen molar-refractivity contribution in [2.45, 2.75) is 18.9 Å². The normalized spacial score (nSPS) is 11.4. The van der Waals surface area contributed by atoms with Gasteiger partial charge in [0, 0.05) is 6.20 Å². The van der Waals surface area contributed by atoms with Crippen LogP contribution in [0, 0.1) is 0 Å². The van der Waals surface area contributed by atoms with Crippen LogP contribution >= 0.6 is 0 Å². The van der Waals surface area contributed by atoms with Crippen molar-refractivity contribution in [2.75, 3.05) is 24.3 Å². The zero-order valence-corrected chi connectivity index (χ0v) is 8.64. The molecule has 0 atom stereocenters. The highest BCUT2D eigenvalue weighted by Gasteiger charge is 2.27. The summed E-state index contributed by atoms with van der Waals surface area (Å²) in [6, 6.07) is 1.57. The van der Waals surface area contributed by atoms with Gasteiger partial charge in [-0.25, -0.2) is 4.98 Å². The van der Waals surface area contributed by atoms with Crippen molar-refractivity contribution in [1.29, 1.82) is 0 Å². The summed E-state index contributed by atoms with van der Waals surface area (Å²) in [5, 5.41) is 21.3. The first-order chi connectivity index (χ1) is 7.15. The van der Waals surface area contributed by atoms with Crippen molar-refractivity contribution in [1.82, 2.24) is 9.97 Å². The Morgan fingerprint density at radius 2 is 2.13 bits per heavy atom. The number of nitrogens with zero attached hydrogens (tertiary/aromatic N) is 2. The first-order valence-corrected chi connectivity index (χ1v) is 4.74. The van der Waals surface area contributed by atoms with Crippen molar-refractivity contribution in [3.63, 3.8) is 0 Å². The molecule has 1 aromatic heterocycles. The maximum atomic E-state index is 9.20. The van der Waals surface area contributed by atoms with Gasteiger partial charge in [0.1, 0.15) is 5.82 Å². The molecule has 0 unspecified atom stereocenters. The lowest BCUT2D eigenvalue weighted by Crippen LogP contribution is -2.45. The molecule has 6 heteroatoms. The summed E-state index contributed by atoms with van der Waals surface area (Å²) in [4.78, 5) is 7.88. The van der Waals surface area contributed by atoms with Gasteiger partial charge in [0.2, 0.25) is 5.95 Å². The SMILES string of the molecule is CCC(CO)(CO)Nc1nccc(N)n1. The number of hydrogen-bond acceptors (Lipinski definition) is 6. The van der Waals surface area contributed by atoms with Gasteiger partial charge in [-0.1, -0.05) is 6.92 Å². The summed E-state index contributed by atoms with van der Waals surface area (Å²) in [6.45, 7) is 1.46. The Morgan fingerprint density at radius 3 is 2.60 bits per heavy atom. The Labute approximate surface area is 88.2 Å². The van der Waals surface area contributed by atoms with Gasteiger partial charge >= 0.3 is 0 Å². The lowest BCUT2D eigenvalue weighted by Gasteiger charge is -2.29. The molecule has 0 spiro atoms. The number of nitrogens with two attached hydrogens (primary N) is 1. The van der Waals surface area contributed by atoms with E-state index >= 15 is 0 Å². The van der Waals surface area contributed by atoms with Crippen LogP contribution in [0.4, 0.5) is 11.8 Å². The maximum absolute atomic E-state index is 9.20. The van der Waals surface area contributed by atoms with Crippen molar-refractivity contribution < 1.29 is 10.2 Å². The highest BCUT2D eigenvalue weighted by atomic mass is 16.3. The Kier molecular flexibility index (Phi) is 3.81. The molecule has 0 saturated carbocycles. The number of nitrogen functional groups attached to an aromatic ring is 1. The van der Waals surface area contributed by atoms with Gasteiger partial charge in [-0.3, -0.25) is 0 Å².